The normalized spacial score (nSPS) is 20.3. The van der Waals surface area contributed by atoms with Gasteiger partial charge < -0.3 is 4.74 Å². The fourth-order valence-electron chi connectivity index (χ4n) is 4.05. The van der Waals surface area contributed by atoms with Gasteiger partial charge in [-0.25, -0.2) is 0 Å². The van der Waals surface area contributed by atoms with Gasteiger partial charge in [0.1, 0.15) is 11.5 Å². The molecule has 2 unspecified atom stereocenters. The lowest BCUT2D eigenvalue weighted by molar-refractivity contribution is -0.123. The number of hydrogen-bond donors (Lipinski definition) is 0. The van der Waals surface area contributed by atoms with Crippen LogP contribution in [-0.2, 0) is 4.79 Å². The summed E-state index contributed by atoms with van der Waals surface area (Å²) >= 11 is 0. The van der Waals surface area contributed by atoms with Crippen LogP contribution in [0.3, 0.4) is 0 Å². The molecule has 2 nitrogen and oxygen atoms in total. The maximum absolute atomic E-state index is 12.5. The molecule has 0 aliphatic heterocycles. The first kappa shape index (κ1) is 21.0. The molecule has 1 aliphatic rings. The molecule has 0 bridgehead atoms. The Labute approximate surface area is 160 Å². The van der Waals surface area contributed by atoms with Crippen LogP contribution in [0.5, 0.6) is 5.75 Å². The first-order chi connectivity index (χ1) is 12.7. The zero-order valence-electron chi connectivity index (χ0n) is 17.0. The van der Waals surface area contributed by atoms with Gasteiger partial charge >= 0.3 is 0 Å². The highest BCUT2D eigenvalue weighted by Gasteiger charge is 2.29. The summed E-state index contributed by atoms with van der Waals surface area (Å²) in [5, 5.41) is 0. The van der Waals surface area contributed by atoms with Gasteiger partial charge in [0.25, 0.3) is 0 Å². The average molecular weight is 359 g/mol. The highest BCUT2D eigenvalue weighted by atomic mass is 16.5. The second-order valence-corrected chi connectivity index (χ2v) is 7.99. The van der Waals surface area contributed by atoms with E-state index in [1.165, 1.54) is 63.4 Å². The molecule has 0 amide bonds. The molecule has 0 N–H and O–H groups in total. The van der Waals surface area contributed by atoms with Crippen molar-refractivity contribution >= 4 is 5.78 Å². The molecule has 1 fully saturated rings. The first-order valence-electron chi connectivity index (χ1n) is 11.0. The Balaban J connectivity index is 1.71. The number of carbonyl (C=O) groups excluding carboxylic acids is 1. The van der Waals surface area contributed by atoms with Gasteiger partial charge in [-0.1, -0.05) is 77.3 Å². The second kappa shape index (κ2) is 12.1. The number of ketones is 1. The van der Waals surface area contributed by atoms with Crippen molar-refractivity contribution in [2.75, 3.05) is 6.61 Å². The minimum absolute atomic E-state index is 0.112. The number of benzene rings is 1. The molecule has 2 heteroatoms. The Kier molecular flexibility index (Phi) is 9.81. The predicted molar refractivity (Wildman–Crippen MR) is 110 cm³/mol. The van der Waals surface area contributed by atoms with Crippen molar-refractivity contribution < 1.29 is 9.53 Å². The lowest BCUT2D eigenvalue weighted by atomic mass is 9.76. The van der Waals surface area contributed by atoms with Gasteiger partial charge in [-0.15, -0.1) is 0 Å². The summed E-state index contributed by atoms with van der Waals surface area (Å²) in [6.45, 7) is 5.27. The monoisotopic (exact) mass is 358 g/mol. The summed E-state index contributed by atoms with van der Waals surface area (Å²) in [5.41, 5.74) is 1.18. The van der Waals surface area contributed by atoms with E-state index in [0.717, 1.165) is 31.6 Å². The van der Waals surface area contributed by atoms with Gasteiger partial charge in [-0.2, -0.15) is 0 Å². The van der Waals surface area contributed by atoms with E-state index in [0.29, 0.717) is 11.7 Å². The number of ether oxygens (including phenoxy) is 1. The number of rotatable bonds is 12. The van der Waals surface area contributed by atoms with Crippen molar-refractivity contribution in [1.82, 2.24) is 0 Å². The van der Waals surface area contributed by atoms with Crippen LogP contribution in [0.2, 0.25) is 0 Å². The van der Waals surface area contributed by atoms with Crippen molar-refractivity contribution in [3.8, 4) is 5.75 Å². The van der Waals surface area contributed by atoms with E-state index in [1.807, 2.05) is 12.1 Å². The van der Waals surface area contributed by atoms with Crippen LogP contribution in [0.15, 0.2) is 24.3 Å². The minimum Gasteiger partial charge on any atom is -0.494 e. The molecule has 0 spiro atoms. The third-order valence-electron chi connectivity index (χ3n) is 5.76. The fraction of sp³-hybridized carbons (Fsp3) is 0.708. The molecule has 26 heavy (non-hydrogen) atoms. The summed E-state index contributed by atoms with van der Waals surface area (Å²) in [6.07, 6.45) is 14.4. The Morgan fingerprint density at radius 2 is 1.58 bits per heavy atom. The van der Waals surface area contributed by atoms with Crippen molar-refractivity contribution in [3.05, 3.63) is 29.8 Å². The molecule has 0 heterocycles. The van der Waals surface area contributed by atoms with Crippen LogP contribution >= 0.6 is 0 Å². The van der Waals surface area contributed by atoms with Crippen molar-refractivity contribution in [2.45, 2.75) is 96.8 Å². The molecule has 0 radical (unpaired) electrons. The summed E-state index contributed by atoms with van der Waals surface area (Å²) in [6, 6.07) is 8.29. The van der Waals surface area contributed by atoms with Gasteiger partial charge in [-0.3, -0.25) is 4.79 Å². The quantitative estimate of drug-likeness (QED) is 0.373. The summed E-state index contributed by atoms with van der Waals surface area (Å²) < 4.78 is 5.86. The van der Waals surface area contributed by atoms with Gasteiger partial charge in [0.15, 0.2) is 0 Å². The van der Waals surface area contributed by atoms with Crippen LogP contribution in [0, 0.1) is 5.92 Å². The van der Waals surface area contributed by atoms with Crippen LogP contribution < -0.4 is 4.74 Å². The Morgan fingerprint density at radius 3 is 2.27 bits per heavy atom. The molecular weight excluding hydrogens is 320 g/mol. The van der Waals surface area contributed by atoms with Gasteiger partial charge in [0, 0.05) is 12.3 Å². The molecule has 146 valence electrons. The maximum atomic E-state index is 12.5. The average Bonchev–Trinajstić information content (AvgIpc) is 2.66. The lowest BCUT2D eigenvalue weighted by Crippen LogP contribution is -2.23. The van der Waals surface area contributed by atoms with Crippen molar-refractivity contribution in [3.63, 3.8) is 0 Å². The van der Waals surface area contributed by atoms with E-state index < -0.39 is 0 Å². The molecule has 1 aromatic rings. The Bertz CT molecular complexity index is 505. The highest BCUT2D eigenvalue weighted by molar-refractivity contribution is 5.86. The van der Waals surface area contributed by atoms with E-state index in [-0.39, 0.29) is 5.92 Å². The largest absolute Gasteiger partial charge is 0.494 e. The van der Waals surface area contributed by atoms with Crippen molar-refractivity contribution in [1.29, 1.82) is 0 Å². The lowest BCUT2D eigenvalue weighted by Gasteiger charge is -2.27. The van der Waals surface area contributed by atoms with E-state index in [4.69, 9.17) is 4.74 Å². The zero-order chi connectivity index (χ0) is 18.6. The molecule has 1 aliphatic carbocycles. The van der Waals surface area contributed by atoms with E-state index in [2.05, 4.69) is 26.0 Å². The minimum atomic E-state index is 0.112. The second-order valence-electron chi connectivity index (χ2n) is 7.99. The molecule has 2 atom stereocenters. The highest BCUT2D eigenvalue weighted by Crippen LogP contribution is 2.35. The van der Waals surface area contributed by atoms with Crippen LogP contribution in [-0.4, -0.2) is 12.4 Å². The predicted octanol–water partition coefficient (Wildman–Crippen LogP) is 7.07. The van der Waals surface area contributed by atoms with Crippen LogP contribution in [0.25, 0.3) is 0 Å². The summed E-state index contributed by atoms with van der Waals surface area (Å²) in [5.74, 6) is 2.11. The van der Waals surface area contributed by atoms with Crippen molar-refractivity contribution in [2.24, 2.45) is 5.92 Å². The van der Waals surface area contributed by atoms with Gasteiger partial charge in [0.05, 0.1) is 6.61 Å². The molecule has 0 saturated heterocycles. The van der Waals surface area contributed by atoms with E-state index in [9.17, 15) is 4.79 Å². The maximum Gasteiger partial charge on any atom is 0.140 e. The standard InChI is InChI=1S/C24H38O2/c1-3-5-7-8-9-10-18-26-22-15-13-21(14-16-22)23-17-12-20(11-6-4-2)19-24(23)25/h13-16,20,23H,3-12,17-19H2,1-2H3. The van der Waals surface area contributed by atoms with Gasteiger partial charge in [0.2, 0.25) is 0 Å². The third-order valence-corrected chi connectivity index (χ3v) is 5.76. The number of Topliss-reactive ketones (excluding diaryl/α,β-unsaturated/α-hetero) is 1. The molecular formula is C24H38O2. The van der Waals surface area contributed by atoms with Crippen LogP contribution in [0.4, 0.5) is 0 Å². The fourth-order valence-corrected chi connectivity index (χ4v) is 4.05. The van der Waals surface area contributed by atoms with Gasteiger partial charge in [-0.05, 0) is 42.9 Å². The Morgan fingerprint density at radius 1 is 0.885 bits per heavy atom. The Hall–Kier alpha value is -1.31. The van der Waals surface area contributed by atoms with Crippen LogP contribution in [0.1, 0.15) is 102 Å². The summed E-state index contributed by atoms with van der Waals surface area (Å²) in [4.78, 5) is 12.5. The molecule has 1 aromatic carbocycles. The molecule has 2 rings (SSSR count). The number of unbranched alkanes of at least 4 members (excludes halogenated alkanes) is 6. The zero-order valence-corrected chi connectivity index (χ0v) is 17.0. The number of carbonyl (C=O) groups is 1. The summed E-state index contributed by atoms with van der Waals surface area (Å²) in [7, 11) is 0. The molecule has 0 aromatic heterocycles. The topological polar surface area (TPSA) is 26.3 Å². The third kappa shape index (κ3) is 7.13. The molecule has 1 saturated carbocycles. The SMILES string of the molecule is CCCCCCCCOc1ccc(C2CCC(CCCC)CC2=O)cc1. The number of hydrogen-bond acceptors (Lipinski definition) is 2. The van der Waals surface area contributed by atoms with E-state index in [1.54, 1.807) is 0 Å². The smallest absolute Gasteiger partial charge is 0.140 e. The first-order valence-corrected chi connectivity index (χ1v) is 11.0. The van der Waals surface area contributed by atoms with E-state index >= 15 is 0 Å².